The molecule has 0 atom stereocenters. The maximum Gasteiger partial charge on any atom is 0.222 e. The molecule has 1 aromatic heterocycles. The van der Waals surface area contributed by atoms with E-state index in [1.54, 1.807) is 6.26 Å². The van der Waals surface area contributed by atoms with E-state index >= 15 is 0 Å². The van der Waals surface area contributed by atoms with Crippen molar-refractivity contribution in [1.82, 2.24) is 9.97 Å². The van der Waals surface area contributed by atoms with E-state index in [2.05, 4.69) is 28.2 Å². The maximum absolute atomic E-state index is 5.70. The summed E-state index contributed by atoms with van der Waals surface area (Å²) in [7, 11) is 0. The standard InChI is InChI=1S/C15H16N4O/c1-11-9-14(18-15(16)17-11)19-7-8-20-13(10-19)12-5-3-2-4-6-12/h2-3,5,7-10H,4,6H2,1H3,(H2,16,17,18). The molecular formula is C15H16N4O. The van der Waals surface area contributed by atoms with E-state index in [1.807, 2.05) is 30.3 Å². The van der Waals surface area contributed by atoms with Crippen LogP contribution in [0, 0.1) is 6.92 Å². The van der Waals surface area contributed by atoms with Crippen LogP contribution in [0.1, 0.15) is 18.5 Å². The Morgan fingerprint density at radius 3 is 3.00 bits per heavy atom. The molecule has 102 valence electrons. The van der Waals surface area contributed by atoms with Crippen molar-refractivity contribution in [2.75, 3.05) is 10.6 Å². The number of anilines is 2. The third-order valence-corrected chi connectivity index (χ3v) is 3.13. The Kier molecular flexibility index (Phi) is 3.25. The van der Waals surface area contributed by atoms with Gasteiger partial charge < -0.3 is 15.4 Å². The molecule has 3 rings (SSSR count). The van der Waals surface area contributed by atoms with Crippen molar-refractivity contribution in [2.24, 2.45) is 0 Å². The number of allylic oxidation sites excluding steroid dienone is 4. The van der Waals surface area contributed by atoms with E-state index in [1.165, 1.54) is 5.57 Å². The topological polar surface area (TPSA) is 64.3 Å². The minimum Gasteiger partial charge on any atom is -0.462 e. The summed E-state index contributed by atoms with van der Waals surface area (Å²) < 4.78 is 5.59. The fourth-order valence-corrected chi connectivity index (χ4v) is 2.18. The summed E-state index contributed by atoms with van der Waals surface area (Å²) in [6, 6.07) is 1.88. The molecule has 5 nitrogen and oxygen atoms in total. The predicted molar refractivity (Wildman–Crippen MR) is 78.4 cm³/mol. The van der Waals surface area contributed by atoms with Gasteiger partial charge in [-0.3, -0.25) is 0 Å². The van der Waals surface area contributed by atoms with Crippen LogP contribution in [0.5, 0.6) is 0 Å². The highest BCUT2D eigenvalue weighted by atomic mass is 16.5. The largest absolute Gasteiger partial charge is 0.462 e. The summed E-state index contributed by atoms with van der Waals surface area (Å²) in [6.07, 6.45) is 13.7. The van der Waals surface area contributed by atoms with Gasteiger partial charge in [0, 0.05) is 18.0 Å². The van der Waals surface area contributed by atoms with Crippen LogP contribution < -0.4 is 10.6 Å². The Bertz CT molecular complexity index is 623. The van der Waals surface area contributed by atoms with Crippen molar-refractivity contribution in [3.05, 3.63) is 60.0 Å². The lowest BCUT2D eigenvalue weighted by Crippen LogP contribution is -2.16. The van der Waals surface area contributed by atoms with Gasteiger partial charge in [0.05, 0.1) is 6.20 Å². The van der Waals surface area contributed by atoms with E-state index in [4.69, 9.17) is 10.5 Å². The van der Waals surface area contributed by atoms with Crippen molar-refractivity contribution in [2.45, 2.75) is 19.8 Å². The molecule has 0 spiro atoms. The number of aryl methyl sites for hydroxylation is 1. The van der Waals surface area contributed by atoms with Gasteiger partial charge in [-0.25, -0.2) is 4.98 Å². The van der Waals surface area contributed by atoms with Gasteiger partial charge in [-0.2, -0.15) is 4.98 Å². The maximum atomic E-state index is 5.70. The first kappa shape index (κ1) is 12.5. The summed E-state index contributed by atoms with van der Waals surface area (Å²) in [6.45, 7) is 1.89. The number of rotatable bonds is 2. The molecule has 0 aromatic carbocycles. The van der Waals surface area contributed by atoms with Crippen molar-refractivity contribution in [3.63, 3.8) is 0 Å². The quantitative estimate of drug-likeness (QED) is 0.893. The zero-order valence-electron chi connectivity index (χ0n) is 11.3. The number of hydrogen-bond donors (Lipinski definition) is 1. The molecule has 0 radical (unpaired) electrons. The van der Waals surface area contributed by atoms with Gasteiger partial charge in [0.25, 0.3) is 0 Å². The zero-order valence-corrected chi connectivity index (χ0v) is 11.3. The van der Waals surface area contributed by atoms with Gasteiger partial charge >= 0.3 is 0 Å². The Balaban J connectivity index is 1.91. The second-order valence-corrected chi connectivity index (χ2v) is 4.69. The van der Waals surface area contributed by atoms with E-state index in [0.29, 0.717) is 0 Å². The van der Waals surface area contributed by atoms with Gasteiger partial charge in [-0.1, -0.05) is 18.2 Å². The first-order valence-corrected chi connectivity index (χ1v) is 6.53. The Morgan fingerprint density at radius 1 is 1.35 bits per heavy atom. The molecule has 2 heterocycles. The van der Waals surface area contributed by atoms with Gasteiger partial charge in [-0.05, 0) is 25.3 Å². The summed E-state index contributed by atoms with van der Waals surface area (Å²) in [5.74, 6) is 1.85. The summed E-state index contributed by atoms with van der Waals surface area (Å²) in [5.41, 5.74) is 7.71. The van der Waals surface area contributed by atoms with Gasteiger partial charge in [0.1, 0.15) is 17.8 Å². The lowest BCUT2D eigenvalue weighted by molar-refractivity contribution is 0.348. The lowest BCUT2D eigenvalue weighted by atomic mass is 10.0. The van der Waals surface area contributed by atoms with Gasteiger partial charge in [0.15, 0.2) is 0 Å². The predicted octanol–water partition coefficient (Wildman–Crippen LogP) is 2.79. The van der Waals surface area contributed by atoms with E-state index in [9.17, 15) is 0 Å². The minimum atomic E-state index is 0.273. The van der Waals surface area contributed by atoms with Crippen LogP contribution in [0.25, 0.3) is 0 Å². The summed E-state index contributed by atoms with van der Waals surface area (Å²) in [4.78, 5) is 10.2. The molecule has 20 heavy (non-hydrogen) atoms. The van der Waals surface area contributed by atoms with E-state index in [-0.39, 0.29) is 5.95 Å². The zero-order chi connectivity index (χ0) is 13.9. The number of aromatic nitrogens is 2. The lowest BCUT2D eigenvalue weighted by Gasteiger charge is -2.22. The van der Waals surface area contributed by atoms with Crippen LogP contribution in [0.3, 0.4) is 0 Å². The van der Waals surface area contributed by atoms with Crippen LogP contribution in [-0.2, 0) is 4.74 Å². The normalized spacial score (nSPS) is 17.6. The second-order valence-electron chi connectivity index (χ2n) is 4.69. The molecule has 2 N–H and O–H groups in total. The molecular weight excluding hydrogens is 252 g/mol. The van der Waals surface area contributed by atoms with Crippen molar-refractivity contribution < 1.29 is 4.74 Å². The van der Waals surface area contributed by atoms with Crippen LogP contribution in [0.2, 0.25) is 0 Å². The summed E-state index contributed by atoms with van der Waals surface area (Å²) in [5, 5.41) is 0. The number of nitrogens with two attached hydrogens (primary N) is 1. The summed E-state index contributed by atoms with van der Waals surface area (Å²) >= 11 is 0. The average Bonchev–Trinajstić information content (AvgIpc) is 2.47. The van der Waals surface area contributed by atoms with Crippen molar-refractivity contribution >= 4 is 11.8 Å². The monoisotopic (exact) mass is 268 g/mol. The van der Waals surface area contributed by atoms with Crippen LogP contribution in [-0.4, -0.2) is 9.97 Å². The molecule has 0 amide bonds. The Morgan fingerprint density at radius 2 is 2.25 bits per heavy atom. The smallest absolute Gasteiger partial charge is 0.222 e. The Hall–Kier alpha value is -2.56. The highest BCUT2D eigenvalue weighted by molar-refractivity contribution is 5.52. The molecule has 0 bridgehead atoms. The number of nitrogens with zero attached hydrogens (tertiary/aromatic N) is 3. The van der Waals surface area contributed by atoms with Crippen molar-refractivity contribution in [3.8, 4) is 0 Å². The highest BCUT2D eigenvalue weighted by Gasteiger charge is 2.14. The van der Waals surface area contributed by atoms with Crippen LogP contribution in [0.4, 0.5) is 11.8 Å². The molecule has 5 heteroatoms. The fraction of sp³-hybridized carbons (Fsp3) is 0.200. The first-order chi connectivity index (χ1) is 9.72. The molecule has 1 aliphatic carbocycles. The van der Waals surface area contributed by atoms with Gasteiger partial charge in [-0.15, -0.1) is 0 Å². The second kappa shape index (κ2) is 5.21. The van der Waals surface area contributed by atoms with Crippen molar-refractivity contribution in [1.29, 1.82) is 0 Å². The average molecular weight is 268 g/mol. The first-order valence-electron chi connectivity index (χ1n) is 6.53. The molecule has 2 aliphatic rings. The Labute approximate surface area is 117 Å². The number of nitrogen functional groups attached to an aromatic ring is 1. The third kappa shape index (κ3) is 2.56. The fourth-order valence-electron chi connectivity index (χ4n) is 2.18. The number of hydrogen-bond acceptors (Lipinski definition) is 5. The SMILES string of the molecule is Cc1cc(N2C=COC(C3=CC=CCC3)=C2)nc(N)n1. The molecule has 0 fully saturated rings. The minimum absolute atomic E-state index is 0.273. The molecule has 1 aromatic rings. The van der Waals surface area contributed by atoms with E-state index in [0.717, 1.165) is 30.1 Å². The molecule has 1 aliphatic heterocycles. The van der Waals surface area contributed by atoms with Gasteiger partial charge in [0.2, 0.25) is 5.95 Å². The molecule has 0 unspecified atom stereocenters. The molecule has 0 saturated carbocycles. The third-order valence-electron chi connectivity index (χ3n) is 3.13. The highest BCUT2D eigenvalue weighted by Crippen LogP contribution is 2.26. The van der Waals surface area contributed by atoms with Crippen LogP contribution in [0.15, 0.2) is 54.3 Å². The van der Waals surface area contributed by atoms with Crippen LogP contribution >= 0.6 is 0 Å². The molecule has 0 saturated heterocycles. The number of ether oxygens (including phenoxy) is 1. The van der Waals surface area contributed by atoms with E-state index < -0.39 is 0 Å².